The molecule has 4 heteroatoms. The Hall–Kier alpha value is -2.62. The Morgan fingerprint density at radius 2 is 0.833 bits per heavy atom. The molecule has 36 heavy (non-hydrogen) atoms. The van der Waals surface area contributed by atoms with Crippen molar-refractivity contribution < 1.29 is 10.2 Å². The zero-order valence-corrected chi connectivity index (χ0v) is 24.6. The van der Waals surface area contributed by atoms with Gasteiger partial charge in [0.15, 0.2) is 0 Å². The van der Waals surface area contributed by atoms with Crippen LogP contribution in [-0.4, -0.2) is 25.5 Å². The van der Waals surface area contributed by atoms with Gasteiger partial charge in [0.1, 0.15) is 0 Å². The quantitative estimate of drug-likeness (QED) is 0.352. The van der Waals surface area contributed by atoms with E-state index in [0.717, 1.165) is 22.3 Å². The minimum Gasteiger partial charge on any atom is -0.872 e. The molecule has 0 radical (unpaired) electrons. The third-order valence-electron chi connectivity index (χ3n) is 6.40. The number of hydrogen-bond donors (Lipinski definition) is 0. The third-order valence-corrected chi connectivity index (χ3v) is 6.40. The molecule has 0 aliphatic heterocycles. The van der Waals surface area contributed by atoms with Gasteiger partial charge < -0.3 is 10.2 Å². The van der Waals surface area contributed by atoms with Crippen molar-refractivity contribution >= 4 is 12.4 Å². The van der Waals surface area contributed by atoms with Crippen LogP contribution in [0, 0.1) is 0 Å². The monoisotopic (exact) mass is 490 g/mol. The Bertz CT molecular complexity index is 1040. The van der Waals surface area contributed by atoms with E-state index in [1.54, 1.807) is 12.4 Å². The van der Waals surface area contributed by atoms with Crippen LogP contribution < -0.4 is 10.2 Å². The SMILES string of the molecule is CC(C)(C)c1cc(C=NCCN=Cc2cc(C(C)(C)C)cc(C(C)(C)C)c2[O-])c([O-])c(C(C)(C)C)c1. The molecule has 0 aromatic heterocycles. The Balaban J connectivity index is 2.27. The molecule has 4 nitrogen and oxygen atoms in total. The van der Waals surface area contributed by atoms with Crippen LogP contribution in [-0.2, 0) is 21.7 Å². The van der Waals surface area contributed by atoms with Gasteiger partial charge in [-0.05, 0) is 55.0 Å². The standard InChI is InChI=1S/C32H48N2O2/c1-29(2,3)23-15-21(27(35)25(17-23)31(7,8)9)19-33-13-14-34-20-22-16-24(30(4,5)6)18-26(28(22)36)32(10,11)12/h15-20,35-36H,13-14H2,1-12H3/p-2. The molecule has 0 aliphatic rings. The first-order valence-electron chi connectivity index (χ1n) is 12.9. The summed E-state index contributed by atoms with van der Waals surface area (Å²) < 4.78 is 0. The fourth-order valence-electron chi connectivity index (χ4n) is 3.92. The maximum atomic E-state index is 13.1. The van der Waals surface area contributed by atoms with E-state index in [2.05, 4.69) is 93.1 Å². The molecular weight excluding hydrogens is 444 g/mol. The molecule has 0 N–H and O–H groups in total. The van der Waals surface area contributed by atoms with Crippen molar-refractivity contribution in [1.82, 2.24) is 0 Å². The smallest absolute Gasteiger partial charge is 0.0585 e. The van der Waals surface area contributed by atoms with E-state index in [4.69, 9.17) is 0 Å². The lowest BCUT2D eigenvalue weighted by atomic mass is 9.79. The van der Waals surface area contributed by atoms with E-state index in [9.17, 15) is 10.2 Å². The van der Waals surface area contributed by atoms with Crippen LogP contribution in [0.3, 0.4) is 0 Å². The molecule has 0 unspecified atom stereocenters. The molecule has 0 atom stereocenters. The molecule has 0 heterocycles. The summed E-state index contributed by atoms with van der Waals surface area (Å²) in [7, 11) is 0. The zero-order chi connectivity index (χ0) is 27.7. The van der Waals surface area contributed by atoms with Crippen LogP contribution in [0.4, 0.5) is 0 Å². The van der Waals surface area contributed by atoms with Gasteiger partial charge in [-0.25, -0.2) is 0 Å². The van der Waals surface area contributed by atoms with Crippen molar-refractivity contribution in [2.75, 3.05) is 13.1 Å². The summed E-state index contributed by atoms with van der Waals surface area (Å²) in [5.74, 6) is 0.0694. The highest BCUT2D eigenvalue weighted by atomic mass is 16.3. The van der Waals surface area contributed by atoms with Gasteiger partial charge >= 0.3 is 0 Å². The normalized spacial score (nSPS) is 13.8. The van der Waals surface area contributed by atoms with Crippen LogP contribution in [0.5, 0.6) is 11.5 Å². The summed E-state index contributed by atoms with van der Waals surface area (Å²) in [6.07, 6.45) is 3.36. The van der Waals surface area contributed by atoms with Gasteiger partial charge in [-0.3, -0.25) is 9.98 Å². The molecule has 2 aromatic carbocycles. The largest absolute Gasteiger partial charge is 0.872 e. The highest BCUT2D eigenvalue weighted by molar-refractivity contribution is 5.85. The molecule has 0 spiro atoms. The number of nitrogens with zero attached hydrogens (tertiary/aromatic N) is 2. The van der Waals surface area contributed by atoms with Crippen molar-refractivity contribution in [3.05, 3.63) is 57.6 Å². The number of rotatable bonds is 5. The minimum absolute atomic E-state index is 0.0347. The Kier molecular flexibility index (Phi) is 8.55. The van der Waals surface area contributed by atoms with Crippen molar-refractivity contribution in [2.45, 2.75) is 105 Å². The lowest BCUT2D eigenvalue weighted by molar-refractivity contribution is -0.270. The van der Waals surface area contributed by atoms with Crippen molar-refractivity contribution in [2.24, 2.45) is 9.98 Å². The molecule has 0 fully saturated rings. The van der Waals surface area contributed by atoms with Crippen LogP contribution >= 0.6 is 0 Å². The van der Waals surface area contributed by atoms with Crippen LogP contribution in [0.1, 0.15) is 116 Å². The van der Waals surface area contributed by atoms with Gasteiger partial charge in [0.05, 0.1) is 13.1 Å². The van der Waals surface area contributed by atoms with Gasteiger partial charge in [-0.15, -0.1) is 0 Å². The van der Waals surface area contributed by atoms with E-state index in [1.807, 2.05) is 24.3 Å². The molecule has 2 rings (SSSR count). The third kappa shape index (κ3) is 7.44. The summed E-state index contributed by atoms with van der Waals surface area (Å²) in [5, 5.41) is 26.2. The summed E-state index contributed by atoms with van der Waals surface area (Å²) in [5.41, 5.74) is 4.50. The molecule has 0 aliphatic carbocycles. The maximum absolute atomic E-state index is 13.1. The van der Waals surface area contributed by atoms with Crippen molar-refractivity contribution in [3.8, 4) is 11.5 Å². The summed E-state index contributed by atoms with van der Waals surface area (Å²) in [6, 6.07) is 8.00. The predicted molar refractivity (Wildman–Crippen MR) is 151 cm³/mol. The van der Waals surface area contributed by atoms with Gasteiger partial charge in [-0.1, -0.05) is 119 Å². The molecule has 0 saturated carbocycles. The van der Waals surface area contributed by atoms with Crippen molar-refractivity contribution in [1.29, 1.82) is 0 Å². The average Bonchev–Trinajstić information content (AvgIpc) is 2.69. The van der Waals surface area contributed by atoms with Gasteiger partial charge in [0, 0.05) is 12.4 Å². The first-order chi connectivity index (χ1) is 16.2. The van der Waals surface area contributed by atoms with Crippen molar-refractivity contribution in [3.63, 3.8) is 0 Å². The van der Waals surface area contributed by atoms with E-state index in [1.165, 1.54) is 0 Å². The lowest BCUT2D eigenvalue weighted by Crippen LogP contribution is -2.20. The second-order valence-electron chi connectivity index (χ2n) is 14.0. The second kappa shape index (κ2) is 10.4. The first kappa shape index (κ1) is 29.6. The van der Waals surface area contributed by atoms with Crippen LogP contribution in [0.2, 0.25) is 0 Å². The topological polar surface area (TPSA) is 70.8 Å². The molecule has 2 aromatic rings. The molecule has 0 bridgehead atoms. The number of benzene rings is 2. The Morgan fingerprint density at radius 1 is 0.528 bits per heavy atom. The fourth-order valence-corrected chi connectivity index (χ4v) is 3.92. The van der Waals surface area contributed by atoms with Gasteiger partial charge in [0.25, 0.3) is 0 Å². The second-order valence-corrected chi connectivity index (χ2v) is 14.0. The van der Waals surface area contributed by atoms with E-state index in [0.29, 0.717) is 24.2 Å². The Labute approximate surface area is 219 Å². The lowest BCUT2D eigenvalue weighted by Gasteiger charge is -2.31. The first-order valence-corrected chi connectivity index (χ1v) is 12.9. The summed E-state index contributed by atoms with van der Waals surface area (Å²) in [6.45, 7) is 26.2. The van der Waals surface area contributed by atoms with Gasteiger partial charge in [-0.2, -0.15) is 0 Å². The van der Waals surface area contributed by atoms with E-state index in [-0.39, 0.29) is 33.2 Å². The number of hydrogen-bond acceptors (Lipinski definition) is 4. The fraction of sp³-hybridized carbons (Fsp3) is 0.562. The predicted octanol–water partition coefficient (Wildman–Crippen LogP) is 6.56. The van der Waals surface area contributed by atoms with Gasteiger partial charge in [0.2, 0.25) is 0 Å². The van der Waals surface area contributed by atoms with E-state index >= 15 is 0 Å². The number of aliphatic imine (C=N–C) groups is 2. The molecule has 0 saturated heterocycles. The summed E-state index contributed by atoms with van der Waals surface area (Å²) >= 11 is 0. The van der Waals surface area contributed by atoms with E-state index < -0.39 is 0 Å². The highest BCUT2D eigenvalue weighted by Crippen LogP contribution is 2.37. The van der Waals surface area contributed by atoms with Crippen LogP contribution in [0.15, 0.2) is 34.3 Å². The molecule has 0 amide bonds. The zero-order valence-electron chi connectivity index (χ0n) is 24.6. The Morgan fingerprint density at radius 3 is 1.08 bits per heavy atom. The average molecular weight is 491 g/mol. The summed E-state index contributed by atoms with van der Waals surface area (Å²) in [4.78, 5) is 9.00. The minimum atomic E-state index is -0.241. The highest BCUT2D eigenvalue weighted by Gasteiger charge is 2.22. The molecule has 198 valence electrons. The maximum Gasteiger partial charge on any atom is 0.0585 e. The molecular formula is C32H46N2O2-2. The van der Waals surface area contributed by atoms with Crippen LogP contribution in [0.25, 0.3) is 0 Å².